The topological polar surface area (TPSA) is 111 Å². The molecule has 0 aliphatic rings. The highest BCUT2D eigenvalue weighted by Gasteiger charge is 2.15. The molecule has 0 saturated heterocycles. The number of methoxy groups -OCH3 is 1. The van der Waals surface area contributed by atoms with Gasteiger partial charge in [-0.2, -0.15) is 0 Å². The Morgan fingerprint density at radius 2 is 1.93 bits per heavy atom. The minimum atomic E-state index is -3.76. The first-order valence-electron chi connectivity index (χ1n) is 8.62. The number of allylic oxidation sites excluding steroid dienone is 1. The fraction of sp³-hybridized carbons (Fsp3) is 0.263. The molecule has 0 spiro atoms. The third kappa shape index (κ3) is 5.90. The second-order valence-electron chi connectivity index (χ2n) is 6.05. The molecule has 0 atom stereocenters. The molecule has 0 unspecified atom stereocenters. The maximum absolute atomic E-state index is 12.7. The van der Waals surface area contributed by atoms with Crippen molar-refractivity contribution in [2.75, 3.05) is 16.8 Å². The monoisotopic (exact) mass is 390 g/mol. The van der Waals surface area contributed by atoms with Crippen LogP contribution in [0.2, 0.25) is 0 Å². The van der Waals surface area contributed by atoms with Crippen molar-refractivity contribution >= 4 is 21.4 Å². The van der Waals surface area contributed by atoms with E-state index in [1.165, 1.54) is 17.1 Å². The number of ether oxygens (including phenoxy) is 1. The van der Waals surface area contributed by atoms with Gasteiger partial charge in [0.1, 0.15) is 5.75 Å². The predicted octanol–water partition coefficient (Wildman–Crippen LogP) is 3.17. The lowest BCUT2D eigenvalue weighted by Crippen LogP contribution is -2.26. The molecular formula is C19H26N4O3S. The molecule has 0 bridgehead atoms. The number of nitrogens with zero attached hydrogens (tertiary/aromatic N) is 1. The van der Waals surface area contributed by atoms with E-state index >= 15 is 0 Å². The highest BCUT2D eigenvalue weighted by molar-refractivity contribution is 7.92. The quantitative estimate of drug-likeness (QED) is 0.448. The van der Waals surface area contributed by atoms with E-state index in [4.69, 9.17) is 16.3 Å². The van der Waals surface area contributed by atoms with Crippen molar-refractivity contribution in [3.8, 4) is 5.75 Å². The predicted molar refractivity (Wildman–Crippen MR) is 109 cm³/mol. The zero-order valence-corrected chi connectivity index (χ0v) is 16.4. The van der Waals surface area contributed by atoms with Crippen LogP contribution >= 0.6 is 0 Å². The summed E-state index contributed by atoms with van der Waals surface area (Å²) in [5, 5.41) is 1.33. The average Bonchev–Trinajstić information content (AvgIpc) is 2.66. The van der Waals surface area contributed by atoms with E-state index in [-0.39, 0.29) is 4.90 Å². The number of benzene rings is 2. The van der Waals surface area contributed by atoms with Crippen molar-refractivity contribution < 1.29 is 13.2 Å². The van der Waals surface area contributed by atoms with Gasteiger partial charge in [0.2, 0.25) is 0 Å². The summed E-state index contributed by atoms with van der Waals surface area (Å²) >= 11 is 0. The summed E-state index contributed by atoms with van der Waals surface area (Å²) in [6.45, 7) is 2.08. The Morgan fingerprint density at radius 1 is 1.22 bits per heavy atom. The zero-order valence-electron chi connectivity index (χ0n) is 15.6. The summed E-state index contributed by atoms with van der Waals surface area (Å²) in [5.41, 5.74) is 7.55. The smallest absolute Gasteiger partial charge is 0.261 e. The third-order valence-electron chi connectivity index (χ3n) is 3.89. The van der Waals surface area contributed by atoms with Crippen LogP contribution in [-0.4, -0.2) is 15.5 Å². The molecule has 146 valence electrons. The first kappa shape index (κ1) is 20.6. The zero-order chi connectivity index (χ0) is 19.9. The van der Waals surface area contributed by atoms with Crippen LogP contribution in [0.15, 0.2) is 65.3 Å². The number of anilines is 2. The standard InChI is InChI=1S/C19H26N4O3S/c1-3-4-6-15(20)14-23(21)17-7-5-8-19(13-17)27(24,25)22-16-9-11-18(26-2)12-10-16/h5,7-14,22H,3-4,6,20-21H2,1-2H3/b15-14-. The van der Waals surface area contributed by atoms with Crippen LogP contribution in [0.25, 0.3) is 0 Å². The van der Waals surface area contributed by atoms with E-state index in [9.17, 15) is 8.42 Å². The number of hydrogen-bond acceptors (Lipinski definition) is 6. The number of hydrazine groups is 1. The molecule has 0 saturated carbocycles. The fourth-order valence-corrected chi connectivity index (χ4v) is 3.48. The normalized spacial score (nSPS) is 11.9. The Hall–Kier alpha value is -2.71. The number of hydrogen-bond donors (Lipinski definition) is 3. The van der Waals surface area contributed by atoms with E-state index in [2.05, 4.69) is 11.6 Å². The van der Waals surface area contributed by atoms with Crippen molar-refractivity contribution in [2.45, 2.75) is 31.1 Å². The summed E-state index contributed by atoms with van der Waals surface area (Å²) in [6.07, 6.45) is 4.35. The van der Waals surface area contributed by atoms with Crippen molar-refractivity contribution in [1.82, 2.24) is 0 Å². The summed E-state index contributed by atoms with van der Waals surface area (Å²) in [7, 11) is -2.21. The Labute approximate surface area is 160 Å². The van der Waals surface area contributed by atoms with Crippen molar-refractivity contribution in [2.24, 2.45) is 11.6 Å². The van der Waals surface area contributed by atoms with Gasteiger partial charge in [0, 0.05) is 17.6 Å². The maximum atomic E-state index is 12.7. The van der Waals surface area contributed by atoms with Gasteiger partial charge in [0.05, 0.1) is 17.7 Å². The molecule has 0 aromatic heterocycles. The van der Waals surface area contributed by atoms with Crippen LogP contribution in [0.5, 0.6) is 5.75 Å². The van der Waals surface area contributed by atoms with Gasteiger partial charge in [-0.3, -0.25) is 9.73 Å². The number of rotatable bonds is 9. The Kier molecular flexibility index (Phi) is 7.09. The second kappa shape index (κ2) is 9.29. The number of sulfonamides is 1. The maximum Gasteiger partial charge on any atom is 0.261 e. The molecular weight excluding hydrogens is 364 g/mol. The SMILES string of the molecule is CCCC/C(N)=C/N(N)c1cccc(S(=O)(=O)Nc2ccc(OC)cc2)c1. The molecule has 5 N–H and O–H groups in total. The van der Waals surface area contributed by atoms with Gasteiger partial charge >= 0.3 is 0 Å². The Bertz CT molecular complexity index is 880. The Balaban J connectivity index is 2.19. The molecule has 0 fully saturated rings. The van der Waals surface area contributed by atoms with E-state index < -0.39 is 10.0 Å². The van der Waals surface area contributed by atoms with Gasteiger partial charge in [0.15, 0.2) is 0 Å². The van der Waals surface area contributed by atoms with Crippen LogP contribution < -0.4 is 26.0 Å². The highest BCUT2D eigenvalue weighted by Crippen LogP contribution is 2.22. The van der Waals surface area contributed by atoms with Gasteiger partial charge in [-0.05, 0) is 55.3 Å². The average molecular weight is 391 g/mol. The molecule has 7 nitrogen and oxygen atoms in total. The molecule has 2 rings (SSSR count). The molecule has 27 heavy (non-hydrogen) atoms. The molecule has 2 aromatic carbocycles. The lowest BCUT2D eigenvalue weighted by atomic mass is 10.2. The first-order valence-corrected chi connectivity index (χ1v) is 10.1. The molecule has 0 amide bonds. The number of unbranched alkanes of at least 4 members (excludes halogenated alkanes) is 1. The largest absolute Gasteiger partial charge is 0.497 e. The minimum absolute atomic E-state index is 0.104. The minimum Gasteiger partial charge on any atom is -0.497 e. The fourth-order valence-electron chi connectivity index (χ4n) is 2.38. The van der Waals surface area contributed by atoms with Crippen molar-refractivity contribution in [3.63, 3.8) is 0 Å². The van der Waals surface area contributed by atoms with Gasteiger partial charge < -0.3 is 10.5 Å². The summed E-state index contributed by atoms with van der Waals surface area (Å²) < 4.78 is 32.9. The van der Waals surface area contributed by atoms with Crippen LogP contribution in [0, 0.1) is 0 Å². The van der Waals surface area contributed by atoms with Gasteiger partial charge in [-0.15, -0.1) is 0 Å². The molecule has 8 heteroatoms. The van der Waals surface area contributed by atoms with Crippen LogP contribution in [-0.2, 0) is 10.0 Å². The molecule has 2 aromatic rings. The molecule has 0 aliphatic heterocycles. The van der Waals surface area contributed by atoms with Gasteiger partial charge in [0.25, 0.3) is 10.0 Å². The number of nitrogens with one attached hydrogen (secondary N) is 1. The van der Waals surface area contributed by atoms with Crippen LogP contribution in [0.1, 0.15) is 26.2 Å². The van der Waals surface area contributed by atoms with E-state index in [1.54, 1.807) is 49.7 Å². The summed E-state index contributed by atoms with van der Waals surface area (Å²) in [6, 6.07) is 13.0. The second-order valence-corrected chi connectivity index (χ2v) is 7.73. The third-order valence-corrected chi connectivity index (χ3v) is 5.27. The number of nitrogens with two attached hydrogens (primary N) is 2. The first-order chi connectivity index (χ1) is 12.9. The van der Waals surface area contributed by atoms with E-state index in [1.807, 2.05) is 0 Å². The highest BCUT2D eigenvalue weighted by atomic mass is 32.2. The van der Waals surface area contributed by atoms with Gasteiger partial charge in [-0.1, -0.05) is 19.4 Å². The van der Waals surface area contributed by atoms with E-state index in [0.717, 1.165) is 19.3 Å². The lowest BCUT2D eigenvalue weighted by Gasteiger charge is -2.16. The van der Waals surface area contributed by atoms with Crippen molar-refractivity contribution in [3.05, 3.63) is 60.4 Å². The van der Waals surface area contributed by atoms with Crippen LogP contribution in [0.4, 0.5) is 11.4 Å². The Morgan fingerprint density at radius 3 is 2.56 bits per heavy atom. The summed E-state index contributed by atoms with van der Waals surface area (Å²) in [5.74, 6) is 6.66. The molecule has 0 radical (unpaired) electrons. The van der Waals surface area contributed by atoms with Crippen molar-refractivity contribution in [1.29, 1.82) is 0 Å². The summed E-state index contributed by atoms with van der Waals surface area (Å²) in [4.78, 5) is 0.104. The van der Waals surface area contributed by atoms with Crippen LogP contribution in [0.3, 0.4) is 0 Å². The lowest BCUT2D eigenvalue weighted by molar-refractivity contribution is 0.415. The molecule has 0 aliphatic carbocycles. The molecule has 0 heterocycles. The van der Waals surface area contributed by atoms with Gasteiger partial charge in [-0.25, -0.2) is 14.3 Å². The van der Waals surface area contributed by atoms with E-state index in [0.29, 0.717) is 22.8 Å².